The van der Waals surface area contributed by atoms with E-state index in [0.29, 0.717) is 21.7 Å². The Morgan fingerprint density at radius 3 is 2.49 bits per heavy atom. The number of hydrogen-bond donors (Lipinski definition) is 1. The van der Waals surface area contributed by atoms with Crippen LogP contribution in [0.5, 0.6) is 0 Å². The Bertz CT molecular complexity index is 1510. The fourth-order valence-electron chi connectivity index (χ4n) is 4.35. The number of urea groups is 1. The number of rotatable bonds is 3. The molecule has 3 aromatic rings. The molecule has 1 aliphatic heterocycles. The Morgan fingerprint density at radius 1 is 1.12 bits per heavy atom. The lowest BCUT2D eigenvalue weighted by atomic mass is 10.0. The summed E-state index contributed by atoms with van der Waals surface area (Å²) in [5, 5.41) is 12.3. The van der Waals surface area contributed by atoms with Gasteiger partial charge >= 0.3 is 18.3 Å². The number of pyridine rings is 1. The number of piperazine rings is 1. The molecule has 0 aliphatic carbocycles. The maximum atomic E-state index is 13.6. The first-order valence-corrected chi connectivity index (χ1v) is 13.6. The lowest BCUT2D eigenvalue weighted by Gasteiger charge is -2.40. The van der Waals surface area contributed by atoms with Crippen LogP contribution < -0.4 is 5.32 Å². The number of carbonyl (C=O) groups is 2. The fourth-order valence-corrected chi connectivity index (χ4v) is 5.31. The van der Waals surface area contributed by atoms with Gasteiger partial charge in [-0.15, -0.1) is 0 Å². The van der Waals surface area contributed by atoms with E-state index in [4.69, 9.17) is 4.74 Å². The average Bonchev–Trinajstić information content (AvgIpc) is 3.30. The van der Waals surface area contributed by atoms with Gasteiger partial charge in [0.1, 0.15) is 11.3 Å². The van der Waals surface area contributed by atoms with E-state index in [1.807, 2.05) is 13.0 Å². The van der Waals surface area contributed by atoms with Crippen LogP contribution in [0.3, 0.4) is 0 Å². The molecule has 13 heteroatoms. The van der Waals surface area contributed by atoms with Gasteiger partial charge in [-0.05, 0) is 64.4 Å². The number of thiazole rings is 1. The van der Waals surface area contributed by atoms with Gasteiger partial charge in [0.25, 0.3) is 0 Å². The largest absolute Gasteiger partial charge is 0.444 e. The van der Waals surface area contributed by atoms with Crippen LogP contribution in [0.2, 0.25) is 0 Å². The number of nitriles is 1. The minimum atomic E-state index is -4.65. The number of carbonyl (C=O) groups excluding carboxylic acids is 2. The van der Waals surface area contributed by atoms with Gasteiger partial charge in [-0.1, -0.05) is 23.5 Å². The minimum absolute atomic E-state index is 0.169. The zero-order valence-electron chi connectivity index (χ0n) is 23.2. The lowest BCUT2D eigenvalue weighted by Crippen LogP contribution is -2.57. The molecule has 0 radical (unpaired) electrons. The summed E-state index contributed by atoms with van der Waals surface area (Å²) in [5.41, 5.74) is -0.0948. The molecule has 1 unspecified atom stereocenters. The van der Waals surface area contributed by atoms with Crippen molar-refractivity contribution in [1.82, 2.24) is 19.8 Å². The normalized spacial score (nSPS) is 15.8. The smallest absolute Gasteiger partial charge is 0.433 e. The molecule has 9 nitrogen and oxygen atoms in total. The number of aryl methyl sites for hydroxylation is 1. The van der Waals surface area contributed by atoms with Crippen molar-refractivity contribution in [2.75, 3.05) is 25.0 Å². The van der Waals surface area contributed by atoms with Crippen molar-refractivity contribution < 1.29 is 27.5 Å². The highest BCUT2D eigenvalue weighted by Gasteiger charge is 2.35. The molecular formula is C28H29F3N6O3S. The fraction of sp³-hybridized carbons (Fsp3) is 0.393. The van der Waals surface area contributed by atoms with Crippen molar-refractivity contribution >= 4 is 28.6 Å². The number of alkyl halides is 3. The molecule has 1 atom stereocenters. The van der Waals surface area contributed by atoms with Crippen molar-refractivity contribution in [1.29, 1.82) is 5.26 Å². The first-order valence-electron chi connectivity index (χ1n) is 12.8. The van der Waals surface area contributed by atoms with Crippen LogP contribution in [0.25, 0.3) is 21.7 Å². The van der Waals surface area contributed by atoms with E-state index >= 15 is 0 Å². The van der Waals surface area contributed by atoms with Gasteiger partial charge in [0.15, 0.2) is 5.13 Å². The summed E-state index contributed by atoms with van der Waals surface area (Å²) in [5.74, 6) is 0. The monoisotopic (exact) mass is 586 g/mol. The topological polar surface area (TPSA) is 111 Å². The number of amides is 3. The number of halogens is 3. The molecule has 41 heavy (non-hydrogen) atoms. The summed E-state index contributed by atoms with van der Waals surface area (Å²) in [4.78, 5) is 37.4. The summed E-state index contributed by atoms with van der Waals surface area (Å²) >= 11 is 1.02. The molecule has 0 bridgehead atoms. The van der Waals surface area contributed by atoms with Gasteiger partial charge in [0, 0.05) is 36.9 Å². The molecule has 4 rings (SSSR count). The van der Waals surface area contributed by atoms with Crippen molar-refractivity contribution in [2.24, 2.45) is 0 Å². The number of aromatic nitrogens is 2. The zero-order valence-corrected chi connectivity index (χ0v) is 24.0. The third-order valence-corrected chi connectivity index (χ3v) is 7.17. The molecule has 216 valence electrons. The molecule has 1 aliphatic rings. The van der Waals surface area contributed by atoms with Crippen LogP contribution in [0, 0.1) is 18.3 Å². The predicted octanol–water partition coefficient (Wildman–Crippen LogP) is 6.54. The van der Waals surface area contributed by atoms with Crippen LogP contribution >= 0.6 is 11.3 Å². The molecule has 1 fully saturated rings. The molecule has 0 saturated carbocycles. The predicted molar refractivity (Wildman–Crippen MR) is 148 cm³/mol. The summed E-state index contributed by atoms with van der Waals surface area (Å²) in [6.45, 7) is 9.40. The number of benzene rings is 1. The van der Waals surface area contributed by atoms with Crippen LogP contribution in [0.15, 0.2) is 36.4 Å². The summed E-state index contributed by atoms with van der Waals surface area (Å²) in [6, 6.07) is 10.3. The van der Waals surface area contributed by atoms with Gasteiger partial charge < -0.3 is 14.5 Å². The van der Waals surface area contributed by atoms with Gasteiger partial charge in [-0.3, -0.25) is 5.32 Å². The van der Waals surface area contributed by atoms with E-state index in [0.717, 1.165) is 17.4 Å². The Hall–Kier alpha value is -4.18. The molecule has 3 amide bonds. The van der Waals surface area contributed by atoms with Gasteiger partial charge in [-0.2, -0.15) is 18.4 Å². The number of hydrogen-bond acceptors (Lipinski definition) is 7. The summed E-state index contributed by atoms with van der Waals surface area (Å²) < 4.78 is 46.1. The molecule has 1 N–H and O–H groups in total. The number of anilines is 1. The molecule has 3 heterocycles. The molecule has 1 aromatic carbocycles. The van der Waals surface area contributed by atoms with E-state index in [2.05, 4.69) is 15.3 Å². The van der Waals surface area contributed by atoms with Crippen molar-refractivity contribution in [3.63, 3.8) is 0 Å². The zero-order chi connectivity index (χ0) is 30.1. The Morgan fingerprint density at radius 2 is 1.85 bits per heavy atom. The van der Waals surface area contributed by atoms with Crippen LogP contribution in [0.4, 0.5) is 27.9 Å². The van der Waals surface area contributed by atoms with E-state index in [9.17, 15) is 28.0 Å². The highest BCUT2D eigenvalue weighted by molar-refractivity contribution is 7.19. The maximum Gasteiger partial charge on any atom is 0.433 e. The standard InChI is InChI=1S/C28H29F3N6O3S/c1-16-11-20(13-21(33-16)28(29,30)31)23-22(19-8-6-7-18(12-19)14-32)34-24(41-23)35-25(38)36-9-10-37(17(2)15-36)26(39)40-27(3,4)5/h6-8,11-13,17H,9-10,15H2,1-5H3,(H,34,35,38). The lowest BCUT2D eigenvalue weighted by molar-refractivity contribution is -0.141. The second kappa shape index (κ2) is 11.4. The Kier molecular flexibility index (Phi) is 8.26. The molecule has 0 spiro atoms. The first-order chi connectivity index (χ1) is 19.1. The Balaban J connectivity index is 1.62. The van der Waals surface area contributed by atoms with Gasteiger partial charge in [0.05, 0.1) is 22.2 Å². The van der Waals surface area contributed by atoms with Crippen LogP contribution in [0.1, 0.15) is 44.6 Å². The van der Waals surface area contributed by atoms with E-state index in [1.165, 1.54) is 13.0 Å². The minimum Gasteiger partial charge on any atom is -0.444 e. The number of nitrogens with one attached hydrogen (secondary N) is 1. The van der Waals surface area contributed by atoms with Gasteiger partial charge in [-0.25, -0.2) is 19.6 Å². The van der Waals surface area contributed by atoms with E-state index < -0.39 is 29.6 Å². The van der Waals surface area contributed by atoms with Gasteiger partial charge in [0.2, 0.25) is 0 Å². The summed E-state index contributed by atoms with van der Waals surface area (Å²) in [6.07, 6.45) is -5.11. The number of nitrogens with zero attached hydrogens (tertiary/aromatic N) is 5. The van der Waals surface area contributed by atoms with Crippen LogP contribution in [-0.4, -0.2) is 63.2 Å². The maximum absolute atomic E-state index is 13.6. The molecule has 1 saturated heterocycles. The summed E-state index contributed by atoms with van der Waals surface area (Å²) in [7, 11) is 0. The van der Waals surface area contributed by atoms with Crippen LogP contribution in [-0.2, 0) is 10.9 Å². The third-order valence-electron chi connectivity index (χ3n) is 6.15. The van der Waals surface area contributed by atoms with Crippen molar-refractivity contribution in [3.05, 3.63) is 53.3 Å². The SMILES string of the molecule is Cc1cc(-c2sc(NC(=O)N3CCN(C(=O)OC(C)(C)C)C(C)C3)nc2-c2cccc(C#N)c2)cc(C(F)(F)F)n1. The quantitative estimate of drug-likeness (QED) is 0.373. The first kappa shape index (κ1) is 29.8. The highest BCUT2D eigenvalue weighted by Crippen LogP contribution is 2.41. The third kappa shape index (κ3) is 7.13. The van der Waals surface area contributed by atoms with Crippen molar-refractivity contribution in [3.8, 4) is 27.8 Å². The number of ether oxygens (including phenoxy) is 1. The molecule has 2 aromatic heterocycles. The highest BCUT2D eigenvalue weighted by atomic mass is 32.1. The Labute approximate surface area is 239 Å². The second-order valence-corrected chi connectivity index (χ2v) is 11.7. The average molecular weight is 587 g/mol. The molecular weight excluding hydrogens is 557 g/mol. The van der Waals surface area contributed by atoms with E-state index in [-0.39, 0.29) is 42.1 Å². The van der Waals surface area contributed by atoms with Crippen molar-refractivity contribution in [2.45, 2.75) is 52.4 Å². The van der Waals surface area contributed by atoms with E-state index in [1.54, 1.807) is 54.8 Å². The second-order valence-electron chi connectivity index (χ2n) is 10.7.